The van der Waals surface area contributed by atoms with E-state index in [2.05, 4.69) is 0 Å². The molecule has 0 fully saturated rings. The summed E-state index contributed by atoms with van der Waals surface area (Å²) in [7, 11) is 0. The smallest absolute Gasteiger partial charge is 0.378 e. The third-order valence-corrected chi connectivity index (χ3v) is 3.25. The number of carbonyl (C=O) groups excluding carboxylic acids is 1. The van der Waals surface area contributed by atoms with Crippen molar-refractivity contribution in [3.63, 3.8) is 0 Å². The average molecular weight is 338 g/mol. The maximum atomic E-state index is 12.0. The first-order chi connectivity index (χ1) is 11.3. The van der Waals surface area contributed by atoms with Gasteiger partial charge in [0.2, 0.25) is 5.76 Å². The number of rotatable bonds is 8. The van der Waals surface area contributed by atoms with Crippen LogP contribution in [0.25, 0.3) is 0 Å². The predicted octanol–water partition coefficient (Wildman–Crippen LogP) is 0.481. The van der Waals surface area contributed by atoms with Crippen LogP contribution in [0, 0.1) is 0 Å². The molecule has 3 N–H and O–H groups in total. The Hall–Kier alpha value is -2.09. The number of aliphatic hydroxyl groups is 3. The lowest BCUT2D eigenvalue weighted by Crippen LogP contribution is -2.32. The van der Waals surface area contributed by atoms with Crippen molar-refractivity contribution in [3.05, 3.63) is 47.4 Å². The van der Waals surface area contributed by atoms with Gasteiger partial charge in [-0.25, -0.2) is 4.79 Å². The van der Waals surface area contributed by atoms with Crippen molar-refractivity contribution in [1.82, 2.24) is 0 Å². The highest BCUT2D eigenvalue weighted by Gasteiger charge is 2.42. The highest BCUT2D eigenvalue weighted by molar-refractivity contribution is 5.89. The Kier molecular flexibility index (Phi) is 5.82. The van der Waals surface area contributed by atoms with Crippen LogP contribution in [0.1, 0.15) is 19.4 Å². The van der Waals surface area contributed by atoms with Crippen molar-refractivity contribution in [1.29, 1.82) is 0 Å². The molecular formula is C17H22O7. The van der Waals surface area contributed by atoms with Crippen molar-refractivity contribution in [3.8, 4) is 0 Å². The molecule has 7 nitrogen and oxygen atoms in total. The van der Waals surface area contributed by atoms with Crippen LogP contribution in [0.5, 0.6) is 0 Å². The highest BCUT2D eigenvalue weighted by atomic mass is 16.6. The minimum absolute atomic E-state index is 0.00894. The molecule has 2 rings (SSSR count). The van der Waals surface area contributed by atoms with E-state index in [-0.39, 0.29) is 24.7 Å². The summed E-state index contributed by atoms with van der Waals surface area (Å²) >= 11 is 0. The van der Waals surface area contributed by atoms with E-state index in [1.807, 2.05) is 30.3 Å². The topological polar surface area (TPSA) is 105 Å². The molecule has 132 valence electrons. The van der Waals surface area contributed by atoms with Gasteiger partial charge < -0.3 is 29.5 Å². The first-order valence-electron chi connectivity index (χ1n) is 7.58. The summed E-state index contributed by atoms with van der Waals surface area (Å²) in [4.78, 5) is 12.0. The maximum absolute atomic E-state index is 12.0. The van der Waals surface area contributed by atoms with Crippen LogP contribution >= 0.6 is 0 Å². The largest absolute Gasteiger partial charge is 0.485 e. The van der Waals surface area contributed by atoms with Gasteiger partial charge in [0.25, 0.3) is 0 Å². The zero-order valence-corrected chi connectivity index (χ0v) is 13.6. The predicted molar refractivity (Wildman–Crippen MR) is 83.5 cm³/mol. The second-order valence-electron chi connectivity index (χ2n) is 6.14. The molecule has 0 amide bonds. The fourth-order valence-corrected chi connectivity index (χ4v) is 2.06. The van der Waals surface area contributed by atoms with Crippen LogP contribution in [0.2, 0.25) is 0 Å². The fraction of sp³-hybridized carbons (Fsp3) is 0.471. The van der Waals surface area contributed by atoms with E-state index in [0.29, 0.717) is 0 Å². The normalized spacial score (nSPS) is 19.2. The van der Waals surface area contributed by atoms with Crippen LogP contribution < -0.4 is 0 Å². The minimum atomic E-state index is -1.33. The minimum Gasteiger partial charge on any atom is -0.485 e. The third kappa shape index (κ3) is 4.70. The molecule has 1 aromatic rings. The van der Waals surface area contributed by atoms with Gasteiger partial charge in [-0.05, 0) is 19.4 Å². The molecule has 2 atom stereocenters. The molecular weight excluding hydrogens is 316 g/mol. The zero-order valence-electron chi connectivity index (χ0n) is 13.6. The Morgan fingerprint density at radius 1 is 1.25 bits per heavy atom. The molecule has 0 aliphatic carbocycles. The lowest BCUT2D eigenvalue weighted by Gasteiger charge is -2.19. The Labute approximate surface area is 140 Å². The lowest BCUT2D eigenvalue weighted by molar-refractivity contribution is -0.149. The van der Waals surface area contributed by atoms with E-state index >= 15 is 0 Å². The first kappa shape index (κ1) is 18.3. The number of carbonyl (C=O) groups is 1. The monoisotopic (exact) mass is 338 g/mol. The second-order valence-corrected chi connectivity index (χ2v) is 6.14. The van der Waals surface area contributed by atoms with Gasteiger partial charge in [0.05, 0.1) is 12.2 Å². The van der Waals surface area contributed by atoms with Gasteiger partial charge in [0, 0.05) is 0 Å². The Morgan fingerprint density at radius 2 is 1.92 bits per heavy atom. The lowest BCUT2D eigenvalue weighted by atomic mass is 10.1. The van der Waals surface area contributed by atoms with Crippen molar-refractivity contribution < 1.29 is 34.3 Å². The molecule has 0 spiro atoms. The van der Waals surface area contributed by atoms with Gasteiger partial charge in [-0.15, -0.1) is 0 Å². The maximum Gasteiger partial charge on any atom is 0.378 e. The summed E-state index contributed by atoms with van der Waals surface area (Å²) in [6.45, 7) is 2.43. The van der Waals surface area contributed by atoms with Crippen LogP contribution in [0.4, 0.5) is 0 Å². The van der Waals surface area contributed by atoms with E-state index in [1.54, 1.807) is 0 Å². The van der Waals surface area contributed by atoms with E-state index in [1.165, 1.54) is 13.8 Å². The summed E-state index contributed by atoms with van der Waals surface area (Å²) in [6.07, 6.45) is -2.48. The molecule has 0 bridgehead atoms. The highest BCUT2D eigenvalue weighted by Crippen LogP contribution is 2.28. The number of hydrogen-bond acceptors (Lipinski definition) is 7. The molecule has 7 heteroatoms. The molecule has 1 aliphatic heterocycles. The first-order valence-corrected chi connectivity index (χ1v) is 7.58. The summed E-state index contributed by atoms with van der Waals surface area (Å²) in [5.41, 5.74) is -0.311. The van der Waals surface area contributed by atoms with Gasteiger partial charge in [0.15, 0.2) is 11.9 Å². The van der Waals surface area contributed by atoms with E-state index in [9.17, 15) is 15.0 Å². The third-order valence-electron chi connectivity index (χ3n) is 3.25. The number of cyclic esters (lactones) is 1. The van der Waals surface area contributed by atoms with Gasteiger partial charge >= 0.3 is 5.97 Å². The van der Waals surface area contributed by atoms with E-state index in [4.69, 9.17) is 19.3 Å². The number of aliphatic hydroxyl groups excluding tert-OH is 2. The molecule has 1 aliphatic rings. The van der Waals surface area contributed by atoms with Crippen LogP contribution in [0.3, 0.4) is 0 Å². The summed E-state index contributed by atoms with van der Waals surface area (Å²) in [6, 6.07) is 9.23. The van der Waals surface area contributed by atoms with E-state index in [0.717, 1.165) is 5.56 Å². The van der Waals surface area contributed by atoms with Crippen LogP contribution in [0.15, 0.2) is 41.9 Å². The van der Waals surface area contributed by atoms with Crippen molar-refractivity contribution >= 4 is 5.97 Å². The van der Waals surface area contributed by atoms with E-state index < -0.39 is 30.4 Å². The Balaban J connectivity index is 2.20. The van der Waals surface area contributed by atoms with Gasteiger partial charge in [-0.1, -0.05) is 30.3 Å². The van der Waals surface area contributed by atoms with Crippen LogP contribution in [-0.2, 0) is 25.6 Å². The standard InChI is InChI=1S/C17H22O7/c1-17(2,21)10-23-15-14(13(12(19)8-18)24-16(15)20)22-9-11-6-4-3-5-7-11/h3-7,12-13,18-19,21H,8-10H2,1-2H3/t12-,13+/m0/s1. The Bertz CT molecular complexity index is 589. The molecule has 0 radical (unpaired) electrons. The quantitative estimate of drug-likeness (QED) is 0.592. The van der Waals surface area contributed by atoms with Crippen molar-refractivity contribution in [2.45, 2.75) is 38.3 Å². The molecule has 1 aromatic carbocycles. The van der Waals surface area contributed by atoms with Gasteiger partial charge in [0.1, 0.15) is 19.3 Å². The number of esters is 1. The molecule has 24 heavy (non-hydrogen) atoms. The molecule has 0 saturated heterocycles. The van der Waals surface area contributed by atoms with Crippen molar-refractivity contribution in [2.24, 2.45) is 0 Å². The number of ether oxygens (including phenoxy) is 3. The SMILES string of the molecule is CC(C)(O)COC1=C(OCc2ccccc2)[C@@H]([C@@H](O)CO)OC1=O. The number of hydrogen-bond donors (Lipinski definition) is 3. The molecule has 0 unspecified atom stereocenters. The summed E-state index contributed by atoms with van der Waals surface area (Å²) < 4.78 is 16.0. The van der Waals surface area contributed by atoms with Crippen LogP contribution in [-0.4, -0.2) is 52.3 Å². The van der Waals surface area contributed by atoms with Gasteiger partial charge in [-0.2, -0.15) is 0 Å². The molecule has 0 saturated carbocycles. The molecule has 1 heterocycles. The summed E-state index contributed by atoms with van der Waals surface area (Å²) in [5.74, 6) is -1.000. The molecule has 0 aromatic heterocycles. The van der Waals surface area contributed by atoms with Crippen molar-refractivity contribution in [2.75, 3.05) is 13.2 Å². The summed E-state index contributed by atoms with van der Waals surface area (Å²) in [5, 5.41) is 28.7. The Morgan fingerprint density at radius 3 is 2.50 bits per heavy atom. The fourth-order valence-electron chi connectivity index (χ4n) is 2.06. The number of benzene rings is 1. The average Bonchev–Trinajstić information content (AvgIpc) is 2.86. The zero-order chi connectivity index (χ0) is 17.7. The second kappa shape index (κ2) is 7.65. The van der Waals surface area contributed by atoms with Gasteiger partial charge in [-0.3, -0.25) is 0 Å².